The number of fused-ring (bicyclic) bond motifs is 10. The number of hydrogen-bond acceptors (Lipinski definition) is 0. The van der Waals surface area contributed by atoms with Crippen molar-refractivity contribution in [3.8, 4) is 55.9 Å². The average molecular weight is 969 g/mol. The fourth-order valence-electron chi connectivity index (χ4n) is 14.2. The molecule has 4 heteroatoms. The minimum Gasteiger partial charge on any atom is -0.310 e. The fraction of sp³-hybridized carbons (Fsp3) is 0.0833. The zero-order valence-electron chi connectivity index (χ0n) is 43.8. The Kier molecular flexibility index (Phi) is 9.88. The van der Waals surface area contributed by atoms with E-state index in [9.17, 15) is 0 Å². The van der Waals surface area contributed by atoms with Gasteiger partial charge >= 0.3 is 0 Å². The van der Waals surface area contributed by atoms with E-state index in [1.807, 2.05) is 0 Å². The summed E-state index contributed by atoms with van der Waals surface area (Å²) in [6, 6.07) is 83.1. The molecule has 0 amide bonds. The lowest BCUT2D eigenvalue weighted by Crippen LogP contribution is -2.61. The summed E-state index contributed by atoms with van der Waals surface area (Å²) in [7, 11) is 0. The van der Waals surface area contributed by atoms with Crippen molar-refractivity contribution in [3.63, 3.8) is 0 Å². The summed E-state index contributed by atoms with van der Waals surface area (Å²) in [5, 5.41) is 5.10. The summed E-state index contributed by atoms with van der Waals surface area (Å²) in [6.07, 6.45) is 0. The Morgan fingerprint density at radius 2 is 0.579 bits per heavy atom. The van der Waals surface area contributed by atoms with Crippen LogP contribution in [0.2, 0.25) is 0 Å². The number of nitrogens with zero attached hydrogens (tertiary/aromatic N) is 2. The van der Waals surface area contributed by atoms with Gasteiger partial charge in [0.1, 0.15) is 0 Å². The molecule has 2 aromatic heterocycles. The summed E-state index contributed by atoms with van der Waals surface area (Å²) in [5.74, 6) is 0. The largest absolute Gasteiger partial charge is 0.310 e. The molecule has 0 atom stereocenters. The van der Waals surface area contributed by atoms with Gasteiger partial charge in [0.15, 0.2) is 0 Å². The number of aryl methyl sites for hydroxylation is 6. The molecule has 15 rings (SSSR count). The third kappa shape index (κ3) is 6.63. The van der Waals surface area contributed by atoms with Crippen LogP contribution in [0.15, 0.2) is 218 Å². The van der Waals surface area contributed by atoms with E-state index < -0.39 is 0 Å². The number of hydrogen-bond donors (Lipinski definition) is 0. The Bertz CT molecular complexity index is 4230. The lowest BCUT2D eigenvalue weighted by Gasteiger charge is -2.34. The highest BCUT2D eigenvalue weighted by molar-refractivity contribution is 7.00. The van der Waals surface area contributed by atoms with Gasteiger partial charge in [-0.25, -0.2) is 0 Å². The SMILES string of the molecule is Cc1cc(C)c(B2c3cc4c(cc3-n3c5ccc(-c6ccccc6)cc5c5cc(-c6ccccc6)cc2c53)B(c2c(C)cc(C)cc2C)c2cc(-c3ccccc3)cc3c5cc(-c6ccccc6)ccc5n-4c23)c(C)c1. The summed E-state index contributed by atoms with van der Waals surface area (Å²) in [5.41, 5.74) is 33.4. The summed E-state index contributed by atoms with van der Waals surface area (Å²) in [4.78, 5) is 0. The Morgan fingerprint density at radius 3 is 0.921 bits per heavy atom. The molecule has 13 aromatic rings. The van der Waals surface area contributed by atoms with Crippen LogP contribution in [-0.2, 0) is 0 Å². The van der Waals surface area contributed by atoms with Crippen LogP contribution < -0.4 is 32.8 Å². The first kappa shape index (κ1) is 44.6. The van der Waals surface area contributed by atoms with Gasteiger partial charge in [-0.3, -0.25) is 0 Å². The highest BCUT2D eigenvalue weighted by Gasteiger charge is 2.41. The highest BCUT2D eigenvalue weighted by atomic mass is 15.0. The number of benzene rings is 11. The molecule has 2 aliphatic rings. The van der Waals surface area contributed by atoms with Crippen LogP contribution in [0.1, 0.15) is 33.4 Å². The van der Waals surface area contributed by atoms with Gasteiger partial charge in [0.25, 0.3) is 0 Å². The lowest BCUT2D eigenvalue weighted by atomic mass is 9.32. The second-order valence-corrected chi connectivity index (χ2v) is 22.0. The monoisotopic (exact) mass is 968 g/mol. The van der Waals surface area contributed by atoms with Crippen LogP contribution in [-0.4, -0.2) is 22.6 Å². The molecule has 2 nitrogen and oxygen atoms in total. The van der Waals surface area contributed by atoms with E-state index in [0.717, 1.165) is 0 Å². The maximum atomic E-state index is 2.66. The van der Waals surface area contributed by atoms with Crippen molar-refractivity contribution in [3.05, 3.63) is 252 Å². The molecule has 2 aliphatic heterocycles. The molecule has 4 heterocycles. The maximum Gasteiger partial charge on any atom is 0.247 e. The van der Waals surface area contributed by atoms with Crippen LogP contribution >= 0.6 is 0 Å². The van der Waals surface area contributed by atoms with Gasteiger partial charge in [-0.15, -0.1) is 0 Å². The van der Waals surface area contributed by atoms with E-state index >= 15 is 0 Å². The van der Waals surface area contributed by atoms with Crippen LogP contribution in [0.5, 0.6) is 0 Å². The molecular formula is C72H54B2N2. The normalized spacial score (nSPS) is 12.6. The number of aromatic nitrogens is 2. The molecular weight excluding hydrogens is 914 g/mol. The van der Waals surface area contributed by atoms with Crippen molar-refractivity contribution in [2.75, 3.05) is 0 Å². The lowest BCUT2D eigenvalue weighted by molar-refractivity contribution is 1.16. The molecule has 358 valence electrons. The summed E-state index contributed by atoms with van der Waals surface area (Å²) < 4.78 is 5.32. The molecule has 0 aliphatic carbocycles. The third-order valence-electron chi connectivity index (χ3n) is 17.2. The predicted molar refractivity (Wildman–Crippen MR) is 327 cm³/mol. The first-order valence-corrected chi connectivity index (χ1v) is 27.0. The Labute approximate surface area is 445 Å². The van der Waals surface area contributed by atoms with Crippen LogP contribution in [0.3, 0.4) is 0 Å². The van der Waals surface area contributed by atoms with Crippen molar-refractivity contribution in [2.24, 2.45) is 0 Å². The molecule has 0 spiro atoms. The van der Waals surface area contributed by atoms with Crippen molar-refractivity contribution in [1.82, 2.24) is 9.13 Å². The molecule has 0 radical (unpaired) electrons. The second-order valence-electron chi connectivity index (χ2n) is 22.0. The third-order valence-corrected chi connectivity index (χ3v) is 17.2. The molecule has 0 bridgehead atoms. The minimum absolute atomic E-state index is 0.0531. The zero-order valence-corrected chi connectivity index (χ0v) is 43.8. The first-order valence-electron chi connectivity index (χ1n) is 27.0. The van der Waals surface area contributed by atoms with Gasteiger partial charge in [0.05, 0.1) is 11.0 Å². The maximum absolute atomic E-state index is 2.66. The van der Waals surface area contributed by atoms with Crippen molar-refractivity contribution < 1.29 is 0 Å². The summed E-state index contributed by atoms with van der Waals surface area (Å²) >= 11 is 0. The average Bonchev–Trinajstić information content (AvgIpc) is 4.15. The van der Waals surface area contributed by atoms with Crippen molar-refractivity contribution in [1.29, 1.82) is 0 Å². The van der Waals surface area contributed by atoms with E-state index in [2.05, 4.69) is 269 Å². The molecule has 11 aromatic carbocycles. The Balaban J connectivity index is 1.12. The molecule has 0 N–H and O–H groups in total. The van der Waals surface area contributed by atoms with Crippen molar-refractivity contribution in [2.45, 2.75) is 41.5 Å². The highest BCUT2D eigenvalue weighted by Crippen LogP contribution is 2.42. The van der Waals surface area contributed by atoms with Gasteiger partial charge in [0, 0.05) is 44.0 Å². The van der Waals surface area contributed by atoms with Gasteiger partial charge in [0.2, 0.25) is 13.4 Å². The van der Waals surface area contributed by atoms with Crippen LogP contribution in [0.25, 0.3) is 99.5 Å². The molecule has 0 saturated carbocycles. The van der Waals surface area contributed by atoms with E-state index in [1.165, 1.54) is 166 Å². The van der Waals surface area contributed by atoms with Crippen molar-refractivity contribution >= 4 is 89.8 Å². The molecule has 0 unspecified atom stereocenters. The van der Waals surface area contributed by atoms with Gasteiger partial charge in [-0.1, -0.05) is 214 Å². The Hall–Kier alpha value is -8.85. The molecule has 76 heavy (non-hydrogen) atoms. The van der Waals surface area contributed by atoms with Gasteiger partial charge in [-0.2, -0.15) is 0 Å². The van der Waals surface area contributed by atoms with Crippen LogP contribution in [0.4, 0.5) is 0 Å². The molecule has 0 saturated heterocycles. The fourth-order valence-corrected chi connectivity index (χ4v) is 14.2. The van der Waals surface area contributed by atoms with Gasteiger partial charge < -0.3 is 9.13 Å². The van der Waals surface area contributed by atoms with E-state index in [0.29, 0.717) is 0 Å². The van der Waals surface area contributed by atoms with E-state index in [4.69, 9.17) is 0 Å². The smallest absolute Gasteiger partial charge is 0.247 e. The topological polar surface area (TPSA) is 9.86 Å². The van der Waals surface area contributed by atoms with E-state index in [-0.39, 0.29) is 13.4 Å². The minimum atomic E-state index is -0.0531. The van der Waals surface area contributed by atoms with Crippen LogP contribution in [0, 0.1) is 41.5 Å². The Morgan fingerprint density at radius 1 is 0.263 bits per heavy atom. The standard InChI is InChI=1S/C72H54B2N2/c1-43-31-45(3)69(46(4)32-43)73-61-41-68-62(42-67(61)75-65-29-27-53(49-19-11-7-12-20-49)35-57(65)59-37-55(39-63(73)71(59)75)51-23-15-9-16-24-51)74(70-47(5)33-44(2)34-48(70)6)64-40-56(52-25-17-10-18-26-52)38-60-58-36-54(50-21-13-8-14-22-50)28-30-66(58)76(68)72(60)64/h7-42H,1-6H3. The number of rotatable bonds is 6. The summed E-state index contributed by atoms with van der Waals surface area (Å²) in [6.45, 7) is 13.7. The van der Waals surface area contributed by atoms with E-state index in [1.54, 1.807) is 0 Å². The van der Waals surface area contributed by atoms with Gasteiger partial charge in [-0.05, 0) is 156 Å². The quantitative estimate of drug-likeness (QED) is 0.147. The second kappa shape index (κ2) is 16.8. The predicted octanol–water partition coefficient (Wildman–Crippen LogP) is 14.1. The first-order chi connectivity index (χ1) is 37.2. The zero-order chi connectivity index (χ0) is 51.1. The molecule has 0 fully saturated rings.